The molecule has 1 aliphatic carbocycles. The molecule has 0 aliphatic heterocycles. The number of rotatable bonds is 4. The van der Waals surface area contributed by atoms with Gasteiger partial charge >= 0.3 is 0 Å². The largest absolute Gasteiger partial charge is 0.394 e. The zero-order valence-electron chi connectivity index (χ0n) is 10.9. The molecule has 2 heterocycles. The first-order valence-electron chi connectivity index (χ1n) is 6.58. The number of nitrogens with two attached hydrogens (primary N) is 1. The molecule has 2 aromatic heterocycles. The Labute approximate surface area is 107 Å². The third-order valence-electron chi connectivity index (χ3n) is 3.44. The van der Waals surface area contributed by atoms with Crippen molar-refractivity contribution in [3.63, 3.8) is 0 Å². The summed E-state index contributed by atoms with van der Waals surface area (Å²) in [6.45, 7) is 2.13. The molecule has 96 valence electrons. The van der Waals surface area contributed by atoms with Crippen molar-refractivity contribution in [2.45, 2.75) is 38.5 Å². The van der Waals surface area contributed by atoms with Crippen molar-refractivity contribution in [1.29, 1.82) is 0 Å². The van der Waals surface area contributed by atoms with Gasteiger partial charge in [-0.3, -0.25) is 0 Å². The Hall–Kier alpha value is -1.78. The van der Waals surface area contributed by atoms with Crippen LogP contribution in [-0.4, -0.2) is 19.6 Å². The van der Waals surface area contributed by atoms with E-state index < -0.39 is 0 Å². The quantitative estimate of drug-likeness (QED) is 0.896. The molecule has 0 bridgehead atoms. The topological polar surface area (TPSA) is 61.7 Å². The van der Waals surface area contributed by atoms with Crippen LogP contribution in [0.25, 0.3) is 5.82 Å². The minimum absolute atomic E-state index is 0.663. The number of aryl methyl sites for hydroxylation is 2. The molecule has 3 rings (SSSR count). The second kappa shape index (κ2) is 4.15. The molecule has 18 heavy (non-hydrogen) atoms. The third kappa shape index (κ3) is 1.79. The first kappa shape index (κ1) is 11.3. The minimum atomic E-state index is 0.663. The van der Waals surface area contributed by atoms with Gasteiger partial charge in [0.05, 0.1) is 11.4 Å². The van der Waals surface area contributed by atoms with Crippen LogP contribution < -0.4 is 5.73 Å². The maximum atomic E-state index is 6.18. The molecular formula is C13H19N5. The summed E-state index contributed by atoms with van der Waals surface area (Å²) in [5.41, 5.74) is 9.08. The van der Waals surface area contributed by atoms with Gasteiger partial charge in [0.15, 0.2) is 5.82 Å². The van der Waals surface area contributed by atoms with Crippen molar-refractivity contribution in [1.82, 2.24) is 19.6 Å². The van der Waals surface area contributed by atoms with E-state index in [1.807, 2.05) is 22.6 Å². The van der Waals surface area contributed by atoms with Gasteiger partial charge < -0.3 is 5.73 Å². The van der Waals surface area contributed by atoms with Crippen molar-refractivity contribution >= 4 is 5.69 Å². The monoisotopic (exact) mass is 245 g/mol. The van der Waals surface area contributed by atoms with Crippen molar-refractivity contribution in [3.05, 3.63) is 23.7 Å². The third-order valence-corrected chi connectivity index (χ3v) is 3.44. The van der Waals surface area contributed by atoms with E-state index in [9.17, 15) is 0 Å². The minimum Gasteiger partial charge on any atom is -0.394 e. The van der Waals surface area contributed by atoms with Crippen LogP contribution in [0, 0.1) is 0 Å². The fourth-order valence-electron chi connectivity index (χ4n) is 2.33. The van der Waals surface area contributed by atoms with E-state index in [2.05, 4.69) is 23.2 Å². The molecule has 1 saturated carbocycles. The molecule has 2 N–H and O–H groups in total. The molecule has 0 radical (unpaired) electrons. The molecule has 5 heteroatoms. The molecule has 0 unspecified atom stereocenters. The fourth-order valence-corrected chi connectivity index (χ4v) is 2.33. The molecule has 0 aromatic carbocycles. The standard InChI is InChI=1S/C13H19N5/c1-3-4-11-12(14)13(17(2)15-11)18-8-7-10(16-18)9-5-6-9/h7-9H,3-6,14H2,1-2H3. The van der Waals surface area contributed by atoms with Gasteiger partial charge in [-0.05, 0) is 25.3 Å². The van der Waals surface area contributed by atoms with Crippen molar-refractivity contribution in [2.24, 2.45) is 7.05 Å². The highest BCUT2D eigenvalue weighted by atomic mass is 15.4. The summed E-state index contributed by atoms with van der Waals surface area (Å²) in [6, 6.07) is 2.09. The summed E-state index contributed by atoms with van der Waals surface area (Å²) in [4.78, 5) is 0. The summed E-state index contributed by atoms with van der Waals surface area (Å²) in [5, 5.41) is 9.09. The molecule has 2 aromatic rings. The summed E-state index contributed by atoms with van der Waals surface area (Å²) in [6.07, 6.45) is 6.47. The molecule has 5 nitrogen and oxygen atoms in total. The average Bonchev–Trinajstić information content (AvgIpc) is 3.02. The van der Waals surface area contributed by atoms with Gasteiger partial charge in [-0.15, -0.1) is 0 Å². The highest BCUT2D eigenvalue weighted by Gasteiger charge is 2.26. The fraction of sp³-hybridized carbons (Fsp3) is 0.538. The van der Waals surface area contributed by atoms with Crippen molar-refractivity contribution in [3.8, 4) is 5.82 Å². The van der Waals surface area contributed by atoms with Gasteiger partial charge in [0.1, 0.15) is 5.69 Å². The first-order chi connectivity index (χ1) is 8.70. The highest BCUT2D eigenvalue weighted by molar-refractivity contribution is 5.57. The normalized spacial score (nSPS) is 15.2. The number of nitrogens with zero attached hydrogens (tertiary/aromatic N) is 4. The molecule has 1 fully saturated rings. The predicted molar refractivity (Wildman–Crippen MR) is 70.7 cm³/mol. The van der Waals surface area contributed by atoms with Crippen molar-refractivity contribution in [2.75, 3.05) is 5.73 Å². The van der Waals surface area contributed by atoms with Crippen molar-refractivity contribution < 1.29 is 0 Å². The maximum Gasteiger partial charge on any atom is 0.175 e. The summed E-state index contributed by atoms with van der Waals surface area (Å²) >= 11 is 0. The lowest BCUT2D eigenvalue weighted by atomic mass is 10.2. The van der Waals surface area contributed by atoms with Crippen LogP contribution in [0.3, 0.4) is 0 Å². The Morgan fingerprint density at radius 3 is 2.83 bits per heavy atom. The zero-order chi connectivity index (χ0) is 12.7. The van der Waals surface area contributed by atoms with Gasteiger partial charge in [-0.1, -0.05) is 13.3 Å². The lowest BCUT2D eigenvalue weighted by Gasteiger charge is -2.02. The molecule has 0 atom stereocenters. The first-order valence-corrected chi connectivity index (χ1v) is 6.58. The van der Waals surface area contributed by atoms with Crippen LogP contribution in [0.5, 0.6) is 0 Å². The van der Waals surface area contributed by atoms with E-state index in [4.69, 9.17) is 5.73 Å². The van der Waals surface area contributed by atoms with Gasteiger partial charge in [0, 0.05) is 19.2 Å². The molecule has 0 spiro atoms. The smallest absolute Gasteiger partial charge is 0.175 e. The Morgan fingerprint density at radius 1 is 1.39 bits per heavy atom. The molecular weight excluding hydrogens is 226 g/mol. The van der Waals surface area contributed by atoms with Crippen LogP contribution in [0.4, 0.5) is 5.69 Å². The SMILES string of the molecule is CCCc1nn(C)c(-n2ccc(C3CC3)n2)c1N. The molecule has 0 saturated heterocycles. The average molecular weight is 245 g/mol. The van der Waals surface area contributed by atoms with E-state index in [0.29, 0.717) is 5.92 Å². The Bertz CT molecular complexity index is 562. The lowest BCUT2D eigenvalue weighted by Crippen LogP contribution is -2.06. The van der Waals surface area contributed by atoms with E-state index in [1.54, 1.807) is 0 Å². The van der Waals surface area contributed by atoms with E-state index in [0.717, 1.165) is 30.0 Å². The number of nitrogen functional groups attached to an aromatic ring is 1. The number of anilines is 1. The van der Waals surface area contributed by atoms with Crippen LogP contribution in [0.1, 0.15) is 43.5 Å². The van der Waals surface area contributed by atoms with Gasteiger partial charge in [-0.25, -0.2) is 9.36 Å². The molecule has 1 aliphatic rings. The van der Waals surface area contributed by atoms with Crippen LogP contribution in [-0.2, 0) is 13.5 Å². The van der Waals surface area contributed by atoms with Crippen LogP contribution in [0.2, 0.25) is 0 Å². The summed E-state index contributed by atoms with van der Waals surface area (Å²) in [5.74, 6) is 1.54. The Kier molecular flexibility index (Phi) is 2.61. The summed E-state index contributed by atoms with van der Waals surface area (Å²) in [7, 11) is 1.92. The van der Waals surface area contributed by atoms with Crippen LogP contribution in [0.15, 0.2) is 12.3 Å². The maximum absolute atomic E-state index is 6.18. The second-order valence-electron chi connectivity index (χ2n) is 5.02. The second-order valence-corrected chi connectivity index (χ2v) is 5.02. The van der Waals surface area contributed by atoms with Gasteiger partial charge in [0.2, 0.25) is 0 Å². The summed E-state index contributed by atoms with van der Waals surface area (Å²) < 4.78 is 3.68. The van der Waals surface area contributed by atoms with Gasteiger partial charge in [0.25, 0.3) is 0 Å². The Morgan fingerprint density at radius 2 is 2.17 bits per heavy atom. The van der Waals surface area contributed by atoms with E-state index in [-0.39, 0.29) is 0 Å². The Balaban J connectivity index is 1.98. The number of hydrogen-bond acceptors (Lipinski definition) is 3. The predicted octanol–water partition coefficient (Wildman–Crippen LogP) is 2.02. The van der Waals surface area contributed by atoms with Gasteiger partial charge in [-0.2, -0.15) is 10.2 Å². The van der Waals surface area contributed by atoms with E-state index in [1.165, 1.54) is 18.5 Å². The lowest BCUT2D eigenvalue weighted by molar-refractivity contribution is 0.680. The molecule has 0 amide bonds. The number of aromatic nitrogens is 4. The van der Waals surface area contributed by atoms with E-state index >= 15 is 0 Å². The highest BCUT2D eigenvalue weighted by Crippen LogP contribution is 2.39. The zero-order valence-corrected chi connectivity index (χ0v) is 10.9. The van der Waals surface area contributed by atoms with Crippen LogP contribution >= 0.6 is 0 Å². The number of hydrogen-bond donors (Lipinski definition) is 1.